The van der Waals surface area contributed by atoms with Crippen molar-refractivity contribution in [2.75, 3.05) is 44.4 Å². The van der Waals surface area contributed by atoms with Gasteiger partial charge in [-0.15, -0.1) is 0 Å². The summed E-state index contributed by atoms with van der Waals surface area (Å²) in [6, 6.07) is 6.57. The Morgan fingerprint density at radius 3 is 2.87 bits per heavy atom. The highest BCUT2D eigenvalue weighted by molar-refractivity contribution is 5.64. The highest BCUT2D eigenvalue weighted by Gasteiger charge is 2.50. The summed E-state index contributed by atoms with van der Waals surface area (Å²) in [5, 5.41) is 10.1. The molecule has 0 radical (unpaired) electrons. The average molecular weight is 521 g/mol. The molecule has 0 amide bonds. The summed E-state index contributed by atoms with van der Waals surface area (Å²) >= 11 is 0. The largest absolute Gasteiger partial charge is 0.461 e. The van der Waals surface area contributed by atoms with Crippen LogP contribution in [0.5, 0.6) is 6.01 Å². The fourth-order valence-corrected chi connectivity index (χ4v) is 7.48. The highest BCUT2D eigenvalue weighted by Crippen LogP contribution is 2.53. The molecule has 3 aliphatic heterocycles. The third kappa shape index (κ3) is 3.84. The zero-order valence-corrected chi connectivity index (χ0v) is 22.8. The molecule has 1 spiro atoms. The number of benzene rings is 1. The molecule has 1 aliphatic carbocycles. The molecule has 1 aromatic heterocycles. The van der Waals surface area contributed by atoms with Crippen LogP contribution in [0.2, 0.25) is 0 Å². The second-order valence-corrected chi connectivity index (χ2v) is 11.9. The summed E-state index contributed by atoms with van der Waals surface area (Å²) in [7, 11) is 3.91. The first-order valence-corrected chi connectivity index (χ1v) is 13.8. The van der Waals surface area contributed by atoms with Gasteiger partial charge in [0.1, 0.15) is 30.3 Å². The summed E-state index contributed by atoms with van der Waals surface area (Å²) < 4.78 is 27.5. The van der Waals surface area contributed by atoms with Crippen LogP contribution in [-0.2, 0) is 16.8 Å². The normalized spacial score (nSPS) is 31.9. The van der Waals surface area contributed by atoms with Crippen LogP contribution in [0.4, 0.5) is 15.9 Å². The molecule has 38 heavy (non-hydrogen) atoms. The van der Waals surface area contributed by atoms with Crippen molar-refractivity contribution in [2.45, 2.75) is 81.7 Å². The van der Waals surface area contributed by atoms with E-state index < -0.39 is 11.8 Å². The topological polar surface area (TPSA) is 101 Å². The molecule has 0 bridgehead atoms. The fourth-order valence-electron chi connectivity index (χ4n) is 7.48. The van der Waals surface area contributed by atoms with Crippen molar-refractivity contribution < 1.29 is 13.9 Å². The Balaban J connectivity index is 1.40. The molecule has 2 N–H and O–H groups in total. The standard InChI is InChI=1S/C29H37FN6O2/c1-17-8-10-29(25-20(17)6-7-22(32)21(25)14-31)13-23-24(18(2)38-29)26(35(3)4)34-27(33-23)37-16-28-9-5-11-36(28)15-19(30)12-28/h6-7,17-19H,5,8-13,15-16,32H2,1-4H3/t17-,18?,19+,28-,29-/m0/s1. The lowest BCUT2D eigenvalue weighted by atomic mass is 9.69. The number of nitrogens with zero attached hydrogens (tertiary/aromatic N) is 5. The van der Waals surface area contributed by atoms with Crippen LogP contribution in [0.1, 0.15) is 85.9 Å². The number of rotatable bonds is 4. The van der Waals surface area contributed by atoms with E-state index in [9.17, 15) is 9.65 Å². The molecule has 5 atom stereocenters. The Morgan fingerprint density at radius 1 is 1.29 bits per heavy atom. The molecule has 1 aromatic carbocycles. The van der Waals surface area contributed by atoms with Crippen molar-refractivity contribution in [3.05, 3.63) is 40.1 Å². The maximum absolute atomic E-state index is 14.3. The third-order valence-corrected chi connectivity index (χ3v) is 9.25. The van der Waals surface area contributed by atoms with Crippen molar-refractivity contribution in [1.82, 2.24) is 14.9 Å². The van der Waals surface area contributed by atoms with E-state index in [2.05, 4.69) is 17.9 Å². The Kier molecular flexibility index (Phi) is 6.04. The molecule has 4 heterocycles. The molecule has 8 nitrogen and oxygen atoms in total. The Labute approximate surface area is 223 Å². The van der Waals surface area contributed by atoms with Gasteiger partial charge in [-0.05, 0) is 56.7 Å². The van der Waals surface area contributed by atoms with Gasteiger partial charge < -0.3 is 20.1 Å². The predicted molar refractivity (Wildman–Crippen MR) is 143 cm³/mol. The quantitative estimate of drug-likeness (QED) is 0.593. The number of ether oxygens (including phenoxy) is 2. The fraction of sp³-hybridized carbons (Fsp3) is 0.621. The molecule has 2 saturated heterocycles. The van der Waals surface area contributed by atoms with Gasteiger partial charge in [0.05, 0.1) is 22.9 Å². The number of nitrogens with two attached hydrogens (primary N) is 1. The second-order valence-electron chi connectivity index (χ2n) is 11.9. The minimum absolute atomic E-state index is 0.272. The average Bonchev–Trinajstić information content (AvgIpc) is 3.40. The first-order chi connectivity index (χ1) is 18.2. The lowest BCUT2D eigenvalue weighted by Gasteiger charge is -2.47. The van der Waals surface area contributed by atoms with Gasteiger partial charge in [0.15, 0.2) is 0 Å². The molecule has 2 fully saturated rings. The van der Waals surface area contributed by atoms with E-state index in [0.717, 1.165) is 60.4 Å². The van der Waals surface area contributed by atoms with Crippen LogP contribution in [-0.4, -0.2) is 60.4 Å². The summed E-state index contributed by atoms with van der Waals surface area (Å²) in [6.45, 7) is 6.00. The first-order valence-electron chi connectivity index (χ1n) is 13.8. The zero-order chi connectivity index (χ0) is 26.8. The van der Waals surface area contributed by atoms with E-state index in [0.29, 0.717) is 49.2 Å². The van der Waals surface area contributed by atoms with Crippen molar-refractivity contribution in [3.8, 4) is 12.1 Å². The highest BCUT2D eigenvalue weighted by atomic mass is 19.1. The van der Waals surface area contributed by atoms with E-state index in [1.807, 2.05) is 38.1 Å². The van der Waals surface area contributed by atoms with Gasteiger partial charge >= 0.3 is 6.01 Å². The summed E-state index contributed by atoms with van der Waals surface area (Å²) in [6.07, 6.45) is 3.62. The van der Waals surface area contributed by atoms with Crippen molar-refractivity contribution in [3.63, 3.8) is 0 Å². The van der Waals surface area contributed by atoms with Crippen LogP contribution in [0.25, 0.3) is 0 Å². The molecule has 6 rings (SSSR count). The second kappa shape index (κ2) is 9.06. The number of nitrogen functional groups attached to an aromatic ring is 1. The van der Waals surface area contributed by atoms with Gasteiger partial charge in [-0.2, -0.15) is 15.2 Å². The summed E-state index contributed by atoms with van der Waals surface area (Å²) in [5.74, 6) is 1.07. The Bertz CT molecular complexity index is 1310. The van der Waals surface area contributed by atoms with Gasteiger partial charge in [-0.3, -0.25) is 4.90 Å². The minimum Gasteiger partial charge on any atom is -0.461 e. The molecule has 1 unspecified atom stereocenters. The molecule has 9 heteroatoms. The number of alkyl halides is 1. The van der Waals surface area contributed by atoms with Crippen molar-refractivity contribution in [1.29, 1.82) is 5.26 Å². The number of halogens is 1. The van der Waals surface area contributed by atoms with Crippen LogP contribution < -0.4 is 15.4 Å². The maximum Gasteiger partial charge on any atom is 0.318 e. The number of anilines is 2. The molecular formula is C29H37FN6O2. The summed E-state index contributed by atoms with van der Waals surface area (Å²) in [5.41, 5.74) is 10.2. The number of aromatic nitrogens is 2. The van der Waals surface area contributed by atoms with E-state index in [4.69, 9.17) is 25.2 Å². The third-order valence-electron chi connectivity index (χ3n) is 9.25. The van der Waals surface area contributed by atoms with Crippen LogP contribution in [0.3, 0.4) is 0 Å². The predicted octanol–water partition coefficient (Wildman–Crippen LogP) is 4.38. The van der Waals surface area contributed by atoms with Crippen LogP contribution in [0.15, 0.2) is 12.1 Å². The van der Waals surface area contributed by atoms with E-state index in [1.54, 1.807) is 0 Å². The van der Waals surface area contributed by atoms with Crippen LogP contribution in [0, 0.1) is 11.3 Å². The molecule has 2 aromatic rings. The molecule has 0 saturated carbocycles. The van der Waals surface area contributed by atoms with E-state index in [-0.39, 0.29) is 11.6 Å². The molecular weight excluding hydrogens is 483 g/mol. The van der Waals surface area contributed by atoms with Gasteiger partial charge in [0.25, 0.3) is 0 Å². The first kappa shape index (κ1) is 25.3. The maximum atomic E-state index is 14.3. The number of nitriles is 1. The monoisotopic (exact) mass is 520 g/mol. The van der Waals surface area contributed by atoms with E-state index >= 15 is 0 Å². The number of hydrogen-bond acceptors (Lipinski definition) is 8. The number of fused-ring (bicyclic) bond motifs is 4. The van der Waals surface area contributed by atoms with Crippen molar-refractivity contribution >= 4 is 11.5 Å². The lowest BCUT2D eigenvalue weighted by Crippen LogP contribution is -2.44. The van der Waals surface area contributed by atoms with Crippen LogP contribution >= 0.6 is 0 Å². The zero-order valence-electron chi connectivity index (χ0n) is 22.8. The Hall–Kier alpha value is -2.96. The van der Waals surface area contributed by atoms with Gasteiger partial charge in [-0.1, -0.05) is 13.0 Å². The number of hydrogen-bond donors (Lipinski definition) is 1. The lowest BCUT2D eigenvalue weighted by molar-refractivity contribution is -0.118. The molecule has 4 aliphatic rings. The van der Waals surface area contributed by atoms with Gasteiger partial charge in [-0.25, -0.2) is 4.39 Å². The van der Waals surface area contributed by atoms with Crippen molar-refractivity contribution in [2.24, 2.45) is 0 Å². The minimum atomic E-state index is -0.811. The smallest absolute Gasteiger partial charge is 0.318 e. The van der Waals surface area contributed by atoms with Gasteiger partial charge in [0, 0.05) is 50.3 Å². The molecule has 202 valence electrons. The van der Waals surface area contributed by atoms with E-state index in [1.165, 1.54) is 0 Å². The summed E-state index contributed by atoms with van der Waals surface area (Å²) in [4.78, 5) is 13.9. The SMILES string of the molecule is CC1O[C@@]2(CC[C@H](C)c3ccc(N)c(C#N)c32)Cc2nc(OC[C@@]34CCCN3C[C@H](F)C4)nc(N(C)C)c21. The Morgan fingerprint density at radius 2 is 2.11 bits per heavy atom. The van der Waals surface area contributed by atoms with Gasteiger partial charge in [0.2, 0.25) is 0 Å².